The molecule has 16 heavy (non-hydrogen) atoms. The summed E-state index contributed by atoms with van der Waals surface area (Å²) in [6.07, 6.45) is -0.182. The molecule has 1 rings (SSSR count). The molecule has 0 aromatic heterocycles. The van der Waals surface area contributed by atoms with Gasteiger partial charge in [0.2, 0.25) is 0 Å². The van der Waals surface area contributed by atoms with Gasteiger partial charge < -0.3 is 5.11 Å². The molecule has 1 heterocycles. The molecule has 1 unspecified atom stereocenters. The molecule has 2 nitrogen and oxygen atoms in total. The molecule has 1 N–H and O–H groups in total. The average Bonchev–Trinajstić information content (AvgIpc) is 2.14. The molecule has 1 aliphatic heterocycles. The highest BCUT2D eigenvalue weighted by atomic mass is 19.3. The lowest BCUT2D eigenvalue weighted by molar-refractivity contribution is -0.128. The van der Waals surface area contributed by atoms with Gasteiger partial charge in [0, 0.05) is 12.5 Å². The van der Waals surface area contributed by atoms with E-state index in [4.69, 9.17) is 0 Å². The monoisotopic (exact) mass is 235 g/mol. The van der Waals surface area contributed by atoms with E-state index in [0.29, 0.717) is 12.8 Å². The molecule has 1 fully saturated rings. The first-order valence-electron chi connectivity index (χ1n) is 5.93. The van der Waals surface area contributed by atoms with Crippen LogP contribution in [0.3, 0.4) is 0 Å². The van der Waals surface area contributed by atoms with E-state index in [9.17, 15) is 13.9 Å². The van der Waals surface area contributed by atoms with Crippen LogP contribution in [0.4, 0.5) is 8.78 Å². The highest BCUT2D eigenvalue weighted by Gasteiger charge is 2.40. The van der Waals surface area contributed by atoms with Crippen molar-refractivity contribution in [1.29, 1.82) is 0 Å². The zero-order valence-corrected chi connectivity index (χ0v) is 10.6. The van der Waals surface area contributed by atoms with E-state index >= 15 is 0 Å². The molecule has 0 spiro atoms. The van der Waals surface area contributed by atoms with Crippen molar-refractivity contribution in [3.05, 3.63) is 0 Å². The Labute approximate surface area is 96.6 Å². The zero-order valence-electron chi connectivity index (χ0n) is 10.6. The Morgan fingerprint density at radius 3 is 1.88 bits per heavy atom. The fourth-order valence-corrected chi connectivity index (χ4v) is 2.30. The summed E-state index contributed by atoms with van der Waals surface area (Å²) >= 11 is 0. The summed E-state index contributed by atoms with van der Waals surface area (Å²) in [5.41, 5.74) is 0.0880. The van der Waals surface area contributed by atoms with Crippen LogP contribution in [0, 0.1) is 5.92 Å². The number of likely N-dealkylation sites (tertiary alicyclic amines) is 1. The van der Waals surface area contributed by atoms with Gasteiger partial charge in [-0.25, -0.2) is 8.78 Å². The standard InChI is InChI=1S/C12H23F2NO/c1-11(2,3)15-7-5-9(6-8-15)10(16)12(4,13)14/h9-10,16H,5-8H2,1-4H3. The van der Waals surface area contributed by atoms with Crippen LogP contribution in [0.25, 0.3) is 0 Å². The molecule has 0 amide bonds. The highest BCUT2D eigenvalue weighted by Crippen LogP contribution is 2.32. The molecule has 4 heteroatoms. The second kappa shape index (κ2) is 4.57. The van der Waals surface area contributed by atoms with Crippen LogP contribution in [0.15, 0.2) is 0 Å². The van der Waals surface area contributed by atoms with Gasteiger partial charge in [0.15, 0.2) is 0 Å². The van der Waals surface area contributed by atoms with Gasteiger partial charge in [-0.15, -0.1) is 0 Å². The van der Waals surface area contributed by atoms with E-state index in [1.54, 1.807) is 0 Å². The van der Waals surface area contributed by atoms with E-state index in [0.717, 1.165) is 20.0 Å². The van der Waals surface area contributed by atoms with Crippen molar-refractivity contribution in [1.82, 2.24) is 4.90 Å². The third-order valence-electron chi connectivity index (χ3n) is 3.45. The Balaban J connectivity index is 2.50. The number of alkyl halides is 2. The van der Waals surface area contributed by atoms with Gasteiger partial charge >= 0.3 is 0 Å². The smallest absolute Gasteiger partial charge is 0.270 e. The van der Waals surface area contributed by atoms with Crippen LogP contribution in [0.5, 0.6) is 0 Å². The van der Waals surface area contributed by atoms with Gasteiger partial charge in [-0.1, -0.05) is 0 Å². The van der Waals surface area contributed by atoms with Crippen LogP contribution in [-0.4, -0.2) is 40.7 Å². The summed E-state index contributed by atoms with van der Waals surface area (Å²) in [7, 11) is 0. The second-order valence-electron chi connectivity index (χ2n) is 5.90. The lowest BCUT2D eigenvalue weighted by Crippen LogP contribution is -2.49. The predicted molar refractivity (Wildman–Crippen MR) is 60.7 cm³/mol. The minimum Gasteiger partial charge on any atom is -0.387 e. The molecule has 0 saturated carbocycles. The summed E-state index contributed by atoms with van der Waals surface area (Å²) in [4.78, 5) is 2.28. The number of aliphatic hydroxyl groups excluding tert-OH is 1. The molecule has 0 bridgehead atoms. The summed E-state index contributed by atoms with van der Waals surface area (Å²) in [6.45, 7) is 8.75. The molecule has 1 saturated heterocycles. The van der Waals surface area contributed by atoms with Gasteiger partial charge in [0.05, 0.1) is 0 Å². The Kier molecular flexibility index (Phi) is 3.95. The molecule has 0 radical (unpaired) electrons. The van der Waals surface area contributed by atoms with Crippen LogP contribution in [-0.2, 0) is 0 Å². The third kappa shape index (κ3) is 3.39. The summed E-state index contributed by atoms with van der Waals surface area (Å²) in [6, 6.07) is 0. The van der Waals surface area contributed by atoms with Gasteiger partial charge in [0.1, 0.15) is 6.10 Å². The highest BCUT2D eigenvalue weighted by molar-refractivity contribution is 4.87. The molecule has 0 aromatic carbocycles. The first kappa shape index (κ1) is 13.8. The third-order valence-corrected chi connectivity index (χ3v) is 3.45. The summed E-state index contributed by atoms with van der Waals surface area (Å²) in [5, 5.41) is 9.53. The maximum Gasteiger partial charge on any atom is 0.270 e. The maximum atomic E-state index is 13.0. The number of halogens is 2. The molecular weight excluding hydrogens is 212 g/mol. The molecule has 0 aromatic rings. The fourth-order valence-electron chi connectivity index (χ4n) is 2.30. The summed E-state index contributed by atoms with van der Waals surface area (Å²) in [5.74, 6) is -3.24. The summed E-state index contributed by atoms with van der Waals surface area (Å²) < 4.78 is 25.9. The molecule has 1 atom stereocenters. The van der Waals surface area contributed by atoms with Crippen LogP contribution >= 0.6 is 0 Å². The predicted octanol–water partition coefficient (Wildman–Crippen LogP) is 2.51. The SMILES string of the molecule is CC(F)(F)C(O)C1CCN(C(C)(C)C)CC1. The lowest BCUT2D eigenvalue weighted by atomic mass is 9.86. The minimum absolute atomic E-state index is 0.0880. The minimum atomic E-state index is -2.98. The Morgan fingerprint density at radius 2 is 1.56 bits per heavy atom. The zero-order chi connectivity index (χ0) is 12.6. The second-order valence-corrected chi connectivity index (χ2v) is 5.90. The maximum absolute atomic E-state index is 13.0. The van der Waals surface area contributed by atoms with Gasteiger partial charge in [-0.05, 0) is 52.6 Å². The molecule has 0 aliphatic carbocycles. The van der Waals surface area contributed by atoms with Crippen molar-refractivity contribution in [2.45, 2.75) is 58.1 Å². The first-order chi connectivity index (χ1) is 7.12. The van der Waals surface area contributed by atoms with Gasteiger partial charge in [-0.3, -0.25) is 4.90 Å². The molecule has 96 valence electrons. The largest absolute Gasteiger partial charge is 0.387 e. The Bertz CT molecular complexity index is 224. The fraction of sp³-hybridized carbons (Fsp3) is 1.00. The van der Waals surface area contributed by atoms with Crippen molar-refractivity contribution in [2.24, 2.45) is 5.92 Å². The molecule has 1 aliphatic rings. The van der Waals surface area contributed by atoms with Crippen molar-refractivity contribution in [2.75, 3.05) is 13.1 Å². The normalized spacial score (nSPS) is 23.4. The van der Waals surface area contributed by atoms with Gasteiger partial charge in [0.25, 0.3) is 5.92 Å². The first-order valence-corrected chi connectivity index (χ1v) is 5.93. The number of aliphatic hydroxyl groups is 1. The quantitative estimate of drug-likeness (QED) is 0.795. The van der Waals surface area contributed by atoms with E-state index in [-0.39, 0.29) is 11.5 Å². The Hall–Kier alpha value is -0.220. The van der Waals surface area contributed by atoms with Crippen molar-refractivity contribution in [3.63, 3.8) is 0 Å². The number of nitrogens with zero attached hydrogens (tertiary/aromatic N) is 1. The Morgan fingerprint density at radius 1 is 1.12 bits per heavy atom. The van der Waals surface area contributed by atoms with Crippen molar-refractivity contribution >= 4 is 0 Å². The van der Waals surface area contributed by atoms with Gasteiger partial charge in [-0.2, -0.15) is 0 Å². The van der Waals surface area contributed by atoms with E-state index in [2.05, 4.69) is 25.7 Å². The number of hydrogen-bond acceptors (Lipinski definition) is 2. The average molecular weight is 235 g/mol. The van der Waals surface area contributed by atoms with Crippen molar-refractivity contribution < 1.29 is 13.9 Å². The number of rotatable bonds is 2. The van der Waals surface area contributed by atoms with Crippen molar-refractivity contribution in [3.8, 4) is 0 Å². The van der Waals surface area contributed by atoms with E-state index in [1.807, 2.05) is 0 Å². The molecular formula is C12H23F2NO. The van der Waals surface area contributed by atoms with E-state index < -0.39 is 12.0 Å². The van der Waals surface area contributed by atoms with Crippen LogP contribution in [0.1, 0.15) is 40.5 Å². The lowest BCUT2D eigenvalue weighted by Gasteiger charge is -2.42. The van der Waals surface area contributed by atoms with E-state index in [1.165, 1.54) is 0 Å². The van der Waals surface area contributed by atoms with Crippen LogP contribution in [0.2, 0.25) is 0 Å². The topological polar surface area (TPSA) is 23.5 Å². The van der Waals surface area contributed by atoms with Crippen LogP contribution < -0.4 is 0 Å². The number of piperidine rings is 1. The number of hydrogen-bond donors (Lipinski definition) is 1.